The fourth-order valence-electron chi connectivity index (χ4n) is 5.10. The maximum absolute atomic E-state index is 13.9. The second-order valence-electron chi connectivity index (χ2n) is 11.2. The van der Waals surface area contributed by atoms with Gasteiger partial charge in [0.2, 0.25) is 5.89 Å². The zero-order valence-electron chi connectivity index (χ0n) is 26.1. The number of carbonyl (C=O) groups excluding carboxylic acids is 1. The van der Waals surface area contributed by atoms with E-state index in [1.807, 2.05) is 54.5 Å². The van der Waals surface area contributed by atoms with E-state index in [-0.39, 0.29) is 23.7 Å². The number of likely N-dealkylation sites (tertiary alicyclic amines) is 1. The molecule has 0 aliphatic carbocycles. The quantitative estimate of drug-likeness (QED) is 0.185. The molecule has 1 aromatic carbocycles. The van der Waals surface area contributed by atoms with E-state index in [0.717, 1.165) is 29.1 Å². The van der Waals surface area contributed by atoms with Crippen molar-refractivity contribution in [2.75, 3.05) is 6.54 Å². The first-order valence-corrected chi connectivity index (χ1v) is 15.7. The molecule has 1 amide bonds. The number of carbonyl (C=O) groups is 3. The highest BCUT2D eigenvalue weighted by atomic mass is 32.1. The Kier molecular flexibility index (Phi) is 10.4. The van der Waals surface area contributed by atoms with E-state index < -0.39 is 17.5 Å². The molecular formula is C33H32N8O6S. The van der Waals surface area contributed by atoms with Gasteiger partial charge in [-0.25, -0.2) is 29.5 Å². The van der Waals surface area contributed by atoms with Crippen molar-refractivity contribution in [3.8, 4) is 22.8 Å². The lowest BCUT2D eigenvalue weighted by molar-refractivity contribution is -0.134. The van der Waals surface area contributed by atoms with Gasteiger partial charge in [-0.15, -0.1) is 21.5 Å². The highest BCUT2D eigenvalue weighted by Crippen LogP contribution is 2.36. The van der Waals surface area contributed by atoms with Crippen molar-refractivity contribution in [3.63, 3.8) is 0 Å². The summed E-state index contributed by atoms with van der Waals surface area (Å²) < 4.78 is 6.08. The van der Waals surface area contributed by atoms with Gasteiger partial charge in [0.15, 0.2) is 0 Å². The molecule has 0 spiro atoms. The molecule has 1 fully saturated rings. The smallest absolute Gasteiger partial charge is 0.328 e. The predicted molar refractivity (Wildman–Crippen MR) is 175 cm³/mol. The second-order valence-corrected chi connectivity index (χ2v) is 12.1. The summed E-state index contributed by atoms with van der Waals surface area (Å²) in [7, 11) is 0. The number of pyridine rings is 1. The number of nitrogens with two attached hydrogens (primary N) is 1. The van der Waals surface area contributed by atoms with Crippen molar-refractivity contribution in [2.45, 2.75) is 44.7 Å². The third kappa shape index (κ3) is 8.37. The number of hydrogen-bond donors (Lipinski definition) is 3. The molecule has 0 radical (unpaired) electrons. The third-order valence-corrected chi connectivity index (χ3v) is 8.34. The fraction of sp³-hybridized carbons (Fsp3) is 0.242. The van der Waals surface area contributed by atoms with Crippen LogP contribution in [-0.2, 0) is 21.5 Å². The molecule has 0 saturated carbocycles. The first-order valence-electron chi connectivity index (χ1n) is 14.8. The third-order valence-electron chi connectivity index (χ3n) is 7.28. The Balaban J connectivity index is 0.000000503. The molecule has 4 aromatic heterocycles. The summed E-state index contributed by atoms with van der Waals surface area (Å²) >= 11 is 1.59. The van der Waals surface area contributed by atoms with Crippen molar-refractivity contribution >= 4 is 29.2 Å². The minimum Gasteiger partial charge on any atom is -0.478 e. The van der Waals surface area contributed by atoms with Gasteiger partial charge in [0, 0.05) is 53.3 Å². The van der Waals surface area contributed by atoms with E-state index in [1.165, 1.54) is 6.33 Å². The number of carboxylic acids is 2. The number of aromatic nitrogens is 6. The summed E-state index contributed by atoms with van der Waals surface area (Å²) in [6.07, 6.45) is 8.17. The molecule has 1 saturated heterocycles. The van der Waals surface area contributed by atoms with Crippen LogP contribution in [0, 0.1) is 6.92 Å². The number of nitrogens with zero attached hydrogens (tertiary/aromatic N) is 7. The average molecular weight is 669 g/mol. The Morgan fingerprint density at radius 2 is 1.73 bits per heavy atom. The van der Waals surface area contributed by atoms with Crippen molar-refractivity contribution in [1.29, 1.82) is 0 Å². The summed E-state index contributed by atoms with van der Waals surface area (Å²) in [4.78, 5) is 52.6. The normalized spacial score (nSPS) is 15.5. The number of aliphatic carboxylic acids is 2. The molecule has 14 nitrogen and oxygen atoms in total. The zero-order valence-corrected chi connectivity index (χ0v) is 26.9. The molecule has 246 valence electrons. The molecule has 15 heteroatoms. The molecule has 0 bridgehead atoms. The van der Waals surface area contributed by atoms with E-state index in [9.17, 15) is 14.4 Å². The van der Waals surface area contributed by atoms with E-state index in [2.05, 4.69) is 25.1 Å². The highest BCUT2D eigenvalue weighted by molar-refractivity contribution is 7.09. The van der Waals surface area contributed by atoms with Gasteiger partial charge in [-0.05, 0) is 50.8 Å². The number of rotatable bonds is 9. The van der Waals surface area contributed by atoms with Crippen LogP contribution in [0.15, 0.2) is 83.1 Å². The standard InChI is InChI=1S/C29H28N8O2S.C4H4O4/c1-18-16-40-26(33-18)24-9-6-10-37(24)27(38)20-11-22(21-14-31-17-32-15-21)34-23(12-20)25-35-36-28(39-25)29(2,30)13-19-7-4-3-5-8-19;5-3(6)1-2-4(7)8/h3-5,7-8,11-12,14-17,24H,6,9-10,13,30H2,1-2H3;1-2H,(H,5,6)(H,7,8)/t24-,29-;/m1./s1. The molecule has 5 heterocycles. The minimum absolute atomic E-state index is 0.0581. The Labute approximate surface area is 279 Å². The fourth-order valence-corrected chi connectivity index (χ4v) is 6.04. The molecule has 1 aliphatic rings. The van der Waals surface area contributed by atoms with Crippen molar-refractivity contribution in [2.24, 2.45) is 5.73 Å². The maximum atomic E-state index is 13.9. The maximum Gasteiger partial charge on any atom is 0.328 e. The number of aryl methyl sites for hydroxylation is 1. The van der Waals surface area contributed by atoms with Crippen LogP contribution in [-0.4, -0.2) is 69.6 Å². The van der Waals surface area contributed by atoms with E-state index in [4.69, 9.17) is 25.3 Å². The Bertz CT molecular complexity index is 1910. The van der Waals surface area contributed by atoms with Crippen LogP contribution in [0.25, 0.3) is 22.8 Å². The van der Waals surface area contributed by atoms with Gasteiger partial charge in [0.05, 0.1) is 17.3 Å². The summed E-state index contributed by atoms with van der Waals surface area (Å²) in [5.41, 5.74) is 9.77. The molecule has 48 heavy (non-hydrogen) atoms. The van der Waals surface area contributed by atoms with Gasteiger partial charge < -0.3 is 25.3 Å². The number of amides is 1. The minimum atomic E-state index is -1.26. The topological polar surface area (TPSA) is 211 Å². The second kappa shape index (κ2) is 14.8. The zero-order chi connectivity index (χ0) is 34.3. The predicted octanol–water partition coefficient (Wildman–Crippen LogP) is 4.46. The molecule has 4 N–H and O–H groups in total. The SMILES string of the molecule is Cc1csc([C@H]2CCCN2C(=O)c2cc(-c3cncnc3)nc(-c3nnc([C@](C)(N)Cc4ccccc4)o3)c2)n1.O=C(O)C=CC(=O)O. The lowest BCUT2D eigenvalue weighted by Gasteiger charge is -2.23. The lowest BCUT2D eigenvalue weighted by atomic mass is 9.94. The largest absolute Gasteiger partial charge is 0.478 e. The average Bonchev–Trinajstić information content (AvgIpc) is 3.86. The highest BCUT2D eigenvalue weighted by Gasteiger charge is 2.34. The number of thiazole rings is 1. The van der Waals surface area contributed by atoms with Gasteiger partial charge >= 0.3 is 11.9 Å². The van der Waals surface area contributed by atoms with Crippen molar-refractivity contribution in [3.05, 3.63) is 106 Å². The number of hydrogen-bond acceptors (Lipinski definition) is 12. The van der Waals surface area contributed by atoms with Gasteiger partial charge in [-0.1, -0.05) is 30.3 Å². The van der Waals surface area contributed by atoms with Crippen LogP contribution in [0.1, 0.15) is 58.3 Å². The van der Waals surface area contributed by atoms with E-state index >= 15 is 0 Å². The molecule has 1 aliphatic heterocycles. The summed E-state index contributed by atoms with van der Waals surface area (Å²) in [6.45, 7) is 4.47. The van der Waals surface area contributed by atoms with Crippen molar-refractivity contribution in [1.82, 2.24) is 35.0 Å². The Morgan fingerprint density at radius 3 is 2.38 bits per heavy atom. The van der Waals surface area contributed by atoms with Crippen molar-refractivity contribution < 1.29 is 29.0 Å². The molecule has 0 unspecified atom stereocenters. The lowest BCUT2D eigenvalue weighted by Crippen LogP contribution is -2.35. The summed E-state index contributed by atoms with van der Waals surface area (Å²) in [6, 6.07) is 13.3. The van der Waals surface area contributed by atoms with Gasteiger partial charge in [-0.3, -0.25) is 4.79 Å². The van der Waals surface area contributed by atoms with Gasteiger partial charge in [-0.2, -0.15) is 0 Å². The number of benzene rings is 1. The molecule has 5 aromatic rings. The first-order chi connectivity index (χ1) is 23.0. The first kappa shape index (κ1) is 33.7. The number of carboxylic acid groups (broad SMARTS) is 2. The van der Waals surface area contributed by atoms with Crippen LogP contribution in [0.4, 0.5) is 0 Å². The van der Waals surface area contributed by atoms with Crippen LogP contribution in [0.3, 0.4) is 0 Å². The van der Waals surface area contributed by atoms with E-state index in [1.54, 1.807) is 35.9 Å². The van der Waals surface area contributed by atoms with E-state index in [0.29, 0.717) is 47.6 Å². The van der Waals surface area contributed by atoms with Crippen LogP contribution in [0.5, 0.6) is 0 Å². The Hall–Kier alpha value is -5.67. The summed E-state index contributed by atoms with van der Waals surface area (Å²) in [5, 5.41) is 27.1. The molecular weight excluding hydrogens is 636 g/mol. The summed E-state index contributed by atoms with van der Waals surface area (Å²) in [5.74, 6) is -2.15. The van der Waals surface area contributed by atoms with Crippen LogP contribution in [0.2, 0.25) is 0 Å². The van der Waals surface area contributed by atoms with Crippen LogP contribution < -0.4 is 5.73 Å². The monoisotopic (exact) mass is 668 g/mol. The Morgan fingerprint density at radius 1 is 1.04 bits per heavy atom. The molecule has 2 atom stereocenters. The van der Waals surface area contributed by atoms with Crippen LogP contribution >= 0.6 is 11.3 Å². The van der Waals surface area contributed by atoms with Gasteiger partial charge in [0.25, 0.3) is 11.8 Å². The van der Waals surface area contributed by atoms with Gasteiger partial charge in [0.1, 0.15) is 17.0 Å². The molecule has 6 rings (SSSR count).